The van der Waals surface area contributed by atoms with Crippen LogP contribution < -0.4 is 5.32 Å². The highest BCUT2D eigenvalue weighted by Crippen LogP contribution is 2.35. The molecule has 4 nitrogen and oxygen atoms in total. The fourth-order valence-corrected chi connectivity index (χ4v) is 3.81. The Bertz CT molecular complexity index is 813. The molecule has 0 spiro atoms. The molecule has 2 aromatic carbocycles. The maximum atomic E-state index is 13.0. The van der Waals surface area contributed by atoms with E-state index in [1.54, 1.807) is 0 Å². The number of carbonyl (C=O) groups is 2. The number of amides is 2. The lowest BCUT2D eigenvalue weighted by Gasteiger charge is -2.19. The summed E-state index contributed by atoms with van der Waals surface area (Å²) in [5.41, 5.74) is 4.13. The maximum Gasteiger partial charge on any atom is 0.253 e. The molecule has 0 aliphatic carbocycles. The van der Waals surface area contributed by atoms with Crippen molar-refractivity contribution in [3.05, 3.63) is 70.8 Å². The van der Waals surface area contributed by atoms with Gasteiger partial charge in [-0.05, 0) is 43.5 Å². The molecule has 3 rings (SSSR count). The molecule has 1 saturated heterocycles. The van der Waals surface area contributed by atoms with E-state index in [0.717, 1.165) is 17.5 Å². The van der Waals surface area contributed by atoms with E-state index in [4.69, 9.17) is 0 Å². The quantitative estimate of drug-likeness (QED) is 0.880. The second kappa shape index (κ2) is 8.38. The van der Waals surface area contributed by atoms with Crippen LogP contribution in [0.3, 0.4) is 0 Å². The number of rotatable bonds is 5. The number of carbonyl (C=O) groups excluding carboxylic acids is 2. The van der Waals surface area contributed by atoms with Crippen LogP contribution in [-0.4, -0.2) is 36.3 Å². The number of benzene rings is 2. The van der Waals surface area contributed by atoms with Crippen molar-refractivity contribution in [3.63, 3.8) is 0 Å². The van der Waals surface area contributed by atoms with Gasteiger partial charge in [0.15, 0.2) is 0 Å². The zero-order valence-corrected chi connectivity index (χ0v) is 16.4. The van der Waals surface area contributed by atoms with Crippen LogP contribution in [0.15, 0.2) is 48.5 Å². The zero-order valence-electron chi connectivity index (χ0n) is 16.4. The van der Waals surface area contributed by atoms with Crippen LogP contribution in [0.2, 0.25) is 0 Å². The number of hydrogen-bond acceptors (Lipinski definition) is 2. The van der Waals surface area contributed by atoms with E-state index < -0.39 is 0 Å². The summed E-state index contributed by atoms with van der Waals surface area (Å²) in [6.45, 7) is 7.82. The Morgan fingerprint density at radius 3 is 2.41 bits per heavy atom. The van der Waals surface area contributed by atoms with Gasteiger partial charge >= 0.3 is 0 Å². The molecule has 1 heterocycles. The number of nitrogens with one attached hydrogen (secondary N) is 1. The molecule has 0 radical (unpaired) electrons. The second-order valence-corrected chi connectivity index (χ2v) is 7.44. The predicted octanol–water partition coefficient (Wildman–Crippen LogP) is 3.69. The van der Waals surface area contributed by atoms with Gasteiger partial charge in [0.1, 0.15) is 0 Å². The van der Waals surface area contributed by atoms with Crippen molar-refractivity contribution in [2.24, 2.45) is 5.92 Å². The van der Waals surface area contributed by atoms with Crippen molar-refractivity contribution in [2.75, 3.05) is 19.6 Å². The van der Waals surface area contributed by atoms with Crippen LogP contribution >= 0.6 is 0 Å². The molecular formula is C23H28N2O2. The highest BCUT2D eigenvalue weighted by Gasteiger charge is 2.40. The average molecular weight is 364 g/mol. The van der Waals surface area contributed by atoms with Gasteiger partial charge in [-0.2, -0.15) is 0 Å². The molecule has 1 aliphatic rings. The van der Waals surface area contributed by atoms with Gasteiger partial charge < -0.3 is 10.2 Å². The third-order valence-corrected chi connectivity index (χ3v) is 5.38. The van der Waals surface area contributed by atoms with Gasteiger partial charge in [-0.15, -0.1) is 0 Å². The monoisotopic (exact) mass is 364 g/mol. The summed E-state index contributed by atoms with van der Waals surface area (Å²) in [6, 6.07) is 15.8. The first kappa shape index (κ1) is 19.2. The Hall–Kier alpha value is -2.62. The molecule has 0 aromatic heterocycles. The van der Waals surface area contributed by atoms with E-state index in [1.807, 2.05) is 55.1 Å². The van der Waals surface area contributed by atoms with Gasteiger partial charge in [0, 0.05) is 31.1 Å². The van der Waals surface area contributed by atoms with Gasteiger partial charge in [-0.1, -0.05) is 48.9 Å². The lowest BCUT2D eigenvalue weighted by Crippen LogP contribution is -2.36. The summed E-state index contributed by atoms with van der Waals surface area (Å²) in [6.07, 6.45) is 0.902. The SMILES string of the molecule is CCCNC(=O)[C@@H]1CN(C(=O)c2ccc(C)cc2)C[C@@H]1c1ccccc1C. The van der Waals surface area contributed by atoms with Crippen molar-refractivity contribution in [1.82, 2.24) is 10.2 Å². The summed E-state index contributed by atoms with van der Waals surface area (Å²) in [5.74, 6) is -0.145. The average Bonchev–Trinajstić information content (AvgIpc) is 3.11. The van der Waals surface area contributed by atoms with Crippen LogP contribution in [0.25, 0.3) is 0 Å². The molecule has 2 aromatic rings. The summed E-state index contributed by atoms with van der Waals surface area (Å²) in [7, 11) is 0. The number of aryl methyl sites for hydroxylation is 2. The zero-order chi connectivity index (χ0) is 19.4. The van der Waals surface area contributed by atoms with Crippen molar-refractivity contribution < 1.29 is 9.59 Å². The predicted molar refractivity (Wildman–Crippen MR) is 108 cm³/mol. The number of nitrogens with zero attached hydrogens (tertiary/aromatic N) is 1. The summed E-state index contributed by atoms with van der Waals surface area (Å²) in [5, 5.41) is 3.02. The minimum Gasteiger partial charge on any atom is -0.356 e. The standard InChI is InChI=1S/C23H28N2O2/c1-4-13-24-22(26)21-15-25(23(27)18-11-9-16(2)10-12-18)14-20(21)19-8-6-5-7-17(19)3/h5-12,20-21H,4,13-15H2,1-3H3,(H,24,26)/t20-,21-/m1/s1. The van der Waals surface area contributed by atoms with Gasteiger partial charge in [-0.3, -0.25) is 9.59 Å². The van der Waals surface area contributed by atoms with E-state index >= 15 is 0 Å². The van der Waals surface area contributed by atoms with Crippen molar-refractivity contribution >= 4 is 11.8 Å². The first-order chi connectivity index (χ1) is 13.0. The largest absolute Gasteiger partial charge is 0.356 e. The van der Waals surface area contributed by atoms with Crippen LogP contribution in [0.1, 0.15) is 46.3 Å². The maximum absolute atomic E-state index is 13.0. The highest BCUT2D eigenvalue weighted by molar-refractivity contribution is 5.95. The Morgan fingerprint density at radius 1 is 1.04 bits per heavy atom. The number of likely N-dealkylation sites (tertiary alicyclic amines) is 1. The second-order valence-electron chi connectivity index (χ2n) is 7.44. The molecule has 4 heteroatoms. The normalized spacial score (nSPS) is 19.1. The first-order valence-electron chi connectivity index (χ1n) is 9.70. The van der Waals surface area contributed by atoms with E-state index in [9.17, 15) is 9.59 Å². The minimum absolute atomic E-state index is 0.000578. The van der Waals surface area contributed by atoms with Gasteiger partial charge in [0.2, 0.25) is 5.91 Å². The van der Waals surface area contributed by atoms with Gasteiger partial charge in [-0.25, -0.2) is 0 Å². The van der Waals surface area contributed by atoms with Crippen LogP contribution in [0.5, 0.6) is 0 Å². The van der Waals surface area contributed by atoms with Gasteiger partial charge in [0.25, 0.3) is 5.91 Å². The Labute approximate surface area is 161 Å². The summed E-state index contributed by atoms with van der Waals surface area (Å²) >= 11 is 0. The lowest BCUT2D eigenvalue weighted by molar-refractivity contribution is -0.124. The molecule has 0 unspecified atom stereocenters. The Morgan fingerprint density at radius 2 is 1.74 bits per heavy atom. The van der Waals surface area contributed by atoms with E-state index in [-0.39, 0.29) is 23.7 Å². The molecule has 1 N–H and O–H groups in total. The van der Waals surface area contributed by atoms with E-state index in [0.29, 0.717) is 25.2 Å². The van der Waals surface area contributed by atoms with Crippen molar-refractivity contribution in [3.8, 4) is 0 Å². The fourth-order valence-electron chi connectivity index (χ4n) is 3.81. The summed E-state index contributed by atoms with van der Waals surface area (Å²) in [4.78, 5) is 27.6. The third kappa shape index (κ3) is 4.21. The number of hydrogen-bond donors (Lipinski definition) is 1. The molecule has 2 atom stereocenters. The Balaban J connectivity index is 1.86. The third-order valence-electron chi connectivity index (χ3n) is 5.38. The Kier molecular flexibility index (Phi) is 5.94. The molecule has 142 valence electrons. The van der Waals surface area contributed by atoms with Crippen molar-refractivity contribution in [2.45, 2.75) is 33.1 Å². The molecular weight excluding hydrogens is 336 g/mol. The topological polar surface area (TPSA) is 49.4 Å². The minimum atomic E-state index is -0.216. The first-order valence-corrected chi connectivity index (χ1v) is 9.70. The highest BCUT2D eigenvalue weighted by atomic mass is 16.2. The molecule has 27 heavy (non-hydrogen) atoms. The van der Waals surface area contributed by atoms with Crippen LogP contribution in [-0.2, 0) is 4.79 Å². The van der Waals surface area contributed by atoms with E-state index in [1.165, 1.54) is 5.56 Å². The summed E-state index contributed by atoms with van der Waals surface area (Å²) < 4.78 is 0. The molecule has 1 aliphatic heterocycles. The molecule has 0 bridgehead atoms. The molecule has 2 amide bonds. The van der Waals surface area contributed by atoms with Crippen molar-refractivity contribution in [1.29, 1.82) is 0 Å². The molecule has 0 saturated carbocycles. The van der Waals surface area contributed by atoms with E-state index in [2.05, 4.69) is 24.4 Å². The lowest BCUT2D eigenvalue weighted by atomic mass is 9.86. The van der Waals surface area contributed by atoms with Gasteiger partial charge in [0.05, 0.1) is 5.92 Å². The van der Waals surface area contributed by atoms with Crippen LogP contribution in [0.4, 0.5) is 0 Å². The van der Waals surface area contributed by atoms with Crippen LogP contribution in [0, 0.1) is 19.8 Å². The fraction of sp³-hybridized carbons (Fsp3) is 0.391. The smallest absolute Gasteiger partial charge is 0.253 e. The molecule has 1 fully saturated rings.